The Kier molecular flexibility index (Phi) is 5.52. The standard InChI is InChI=1S/C32H30N2O6S/c33-41(37,38)30-26-22-15-23(27(26)32(36)39-16-8-2-1-3-9-16)29(28(22)34-30)40-31(35)24-14-21-17-10-4-6-12-19(17)25(24)20-13-7-5-11-18(20)21/h1-13,21-30,34H,14-15H2,(H2,33,37,38). The van der Waals surface area contributed by atoms with Crippen molar-refractivity contribution in [1.29, 1.82) is 0 Å². The molecular formula is C32H30N2O6S. The fourth-order valence-corrected chi connectivity index (χ4v) is 10.1. The summed E-state index contributed by atoms with van der Waals surface area (Å²) in [6.45, 7) is 0. The number of esters is 2. The first-order valence-electron chi connectivity index (χ1n) is 14.2. The predicted octanol–water partition coefficient (Wildman–Crippen LogP) is 3.27. The molecule has 5 aliphatic carbocycles. The van der Waals surface area contributed by atoms with E-state index in [0.717, 1.165) is 11.1 Å². The van der Waals surface area contributed by atoms with Gasteiger partial charge in [0.2, 0.25) is 10.0 Å². The van der Waals surface area contributed by atoms with Gasteiger partial charge in [0.25, 0.3) is 0 Å². The van der Waals surface area contributed by atoms with Gasteiger partial charge in [0.1, 0.15) is 17.2 Å². The third kappa shape index (κ3) is 3.68. The SMILES string of the molecule is NS(=O)(=O)C1NC2C3CC(C2OC(=O)C2CC4c5ccccc5C2c2ccccc24)C(C(=O)Oc2ccccc2)C31. The van der Waals surface area contributed by atoms with Crippen LogP contribution in [0.25, 0.3) is 0 Å². The third-order valence-corrected chi connectivity index (χ3v) is 11.5. The predicted molar refractivity (Wildman–Crippen MR) is 149 cm³/mol. The first-order valence-corrected chi connectivity index (χ1v) is 15.8. The molecule has 3 N–H and O–H groups in total. The number of carbonyl (C=O) groups excluding carboxylic acids is 2. The van der Waals surface area contributed by atoms with Crippen LogP contribution in [-0.2, 0) is 24.3 Å². The molecule has 41 heavy (non-hydrogen) atoms. The number of rotatable bonds is 5. The Morgan fingerprint density at radius 1 is 0.780 bits per heavy atom. The molecule has 1 heterocycles. The van der Waals surface area contributed by atoms with E-state index in [2.05, 4.69) is 29.6 Å². The summed E-state index contributed by atoms with van der Waals surface area (Å²) in [7, 11) is -4.01. The number of nitrogens with two attached hydrogens (primary N) is 1. The quantitative estimate of drug-likeness (QED) is 0.356. The number of nitrogens with one attached hydrogen (secondary N) is 1. The Labute approximate surface area is 238 Å². The lowest BCUT2D eigenvalue weighted by Gasteiger charge is -2.45. The van der Waals surface area contributed by atoms with E-state index in [0.29, 0.717) is 18.6 Å². The maximum Gasteiger partial charge on any atom is 0.315 e. The minimum Gasteiger partial charge on any atom is -0.460 e. The van der Waals surface area contributed by atoms with Gasteiger partial charge in [-0.05, 0) is 53.1 Å². The fraction of sp³-hybridized carbons (Fsp3) is 0.375. The first kappa shape index (κ1) is 25.2. The van der Waals surface area contributed by atoms with Gasteiger partial charge in [0.05, 0.1) is 11.8 Å². The van der Waals surface area contributed by atoms with Crippen molar-refractivity contribution < 1.29 is 27.5 Å². The number of benzene rings is 3. The van der Waals surface area contributed by atoms with Gasteiger partial charge in [-0.15, -0.1) is 0 Å². The maximum absolute atomic E-state index is 14.1. The van der Waals surface area contributed by atoms with Crippen LogP contribution in [0.3, 0.4) is 0 Å². The van der Waals surface area contributed by atoms with Crippen LogP contribution in [-0.4, -0.2) is 37.9 Å². The van der Waals surface area contributed by atoms with Crippen molar-refractivity contribution in [2.24, 2.45) is 34.7 Å². The number of ether oxygens (including phenoxy) is 2. The number of fused-ring (bicyclic) bond motifs is 2. The van der Waals surface area contributed by atoms with Crippen LogP contribution in [0, 0.1) is 29.6 Å². The van der Waals surface area contributed by atoms with Gasteiger partial charge < -0.3 is 9.47 Å². The number of primary sulfonamides is 1. The van der Waals surface area contributed by atoms with E-state index in [1.807, 2.05) is 30.3 Å². The molecule has 0 aromatic heterocycles. The van der Waals surface area contributed by atoms with Crippen molar-refractivity contribution in [2.45, 2.75) is 42.2 Å². The molecule has 8 atom stereocenters. The summed E-state index contributed by atoms with van der Waals surface area (Å²) in [6.07, 6.45) is 0.580. The van der Waals surface area contributed by atoms with Crippen LogP contribution < -0.4 is 15.2 Å². The number of sulfonamides is 1. The van der Waals surface area contributed by atoms with Gasteiger partial charge in [-0.2, -0.15) is 0 Å². The van der Waals surface area contributed by atoms with Crippen LogP contribution >= 0.6 is 0 Å². The molecule has 2 saturated carbocycles. The second-order valence-electron chi connectivity index (χ2n) is 12.1. The monoisotopic (exact) mass is 570 g/mol. The summed E-state index contributed by atoms with van der Waals surface area (Å²) in [6, 6.07) is 25.0. The highest BCUT2D eigenvalue weighted by atomic mass is 32.2. The van der Waals surface area contributed by atoms with Gasteiger partial charge in [0, 0.05) is 29.7 Å². The average molecular weight is 571 g/mol. The summed E-state index contributed by atoms with van der Waals surface area (Å²) in [5.41, 5.74) is 4.85. The summed E-state index contributed by atoms with van der Waals surface area (Å²) in [5, 5.41) is 7.70. The van der Waals surface area contributed by atoms with Gasteiger partial charge in [-0.3, -0.25) is 14.9 Å². The second-order valence-corrected chi connectivity index (χ2v) is 13.8. The highest BCUT2D eigenvalue weighted by Gasteiger charge is 2.70. The zero-order valence-corrected chi connectivity index (χ0v) is 22.9. The van der Waals surface area contributed by atoms with Gasteiger partial charge in [0.15, 0.2) is 0 Å². The molecule has 8 nitrogen and oxygen atoms in total. The molecule has 1 saturated heterocycles. The molecule has 3 aromatic rings. The van der Waals surface area contributed by atoms with Crippen LogP contribution in [0.1, 0.15) is 46.9 Å². The van der Waals surface area contributed by atoms with E-state index in [9.17, 15) is 18.0 Å². The van der Waals surface area contributed by atoms with E-state index in [4.69, 9.17) is 14.6 Å². The normalized spacial score (nSPS) is 35.5. The largest absolute Gasteiger partial charge is 0.460 e. The van der Waals surface area contributed by atoms with Crippen molar-refractivity contribution in [2.75, 3.05) is 0 Å². The molecule has 1 aliphatic heterocycles. The first-order chi connectivity index (χ1) is 19.8. The van der Waals surface area contributed by atoms with Gasteiger partial charge in [-0.1, -0.05) is 66.7 Å². The number of carbonyl (C=O) groups is 2. The highest BCUT2D eigenvalue weighted by Crippen LogP contribution is 2.60. The van der Waals surface area contributed by atoms with E-state index in [1.165, 1.54) is 11.1 Å². The number of hydrogen-bond acceptors (Lipinski definition) is 7. The van der Waals surface area contributed by atoms with Crippen LogP contribution in [0.4, 0.5) is 0 Å². The van der Waals surface area contributed by atoms with Gasteiger partial charge in [-0.25, -0.2) is 13.6 Å². The van der Waals surface area contributed by atoms with Crippen LogP contribution in [0.5, 0.6) is 5.75 Å². The maximum atomic E-state index is 14.1. The molecule has 3 aromatic carbocycles. The van der Waals surface area contributed by atoms with E-state index in [-0.39, 0.29) is 41.6 Å². The second kappa shape index (κ2) is 8.98. The Hall–Kier alpha value is -3.53. The Bertz CT molecular complexity index is 1630. The molecule has 0 amide bonds. The van der Waals surface area contributed by atoms with Gasteiger partial charge >= 0.3 is 11.9 Å². The fourth-order valence-electron chi connectivity index (χ4n) is 8.90. The number of para-hydroxylation sites is 1. The summed E-state index contributed by atoms with van der Waals surface area (Å²) >= 11 is 0. The van der Waals surface area contributed by atoms with Crippen molar-refractivity contribution in [1.82, 2.24) is 5.32 Å². The molecule has 9 heteroatoms. The van der Waals surface area contributed by atoms with E-state index >= 15 is 0 Å². The van der Waals surface area contributed by atoms with Crippen molar-refractivity contribution in [3.05, 3.63) is 101 Å². The molecule has 3 fully saturated rings. The summed E-state index contributed by atoms with van der Waals surface area (Å²) in [4.78, 5) is 27.6. The zero-order chi connectivity index (χ0) is 28.0. The lowest BCUT2D eigenvalue weighted by molar-refractivity contribution is -0.163. The highest BCUT2D eigenvalue weighted by molar-refractivity contribution is 7.89. The Morgan fingerprint density at radius 2 is 1.39 bits per heavy atom. The number of hydrogen-bond donors (Lipinski definition) is 2. The third-order valence-electron chi connectivity index (χ3n) is 10.3. The molecule has 4 bridgehead atoms. The lowest BCUT2D eigenvalue weighted by Crippen LogP contribution is -2.47. The van der Waals surface area contributed by atoms with Crippen molar-refractivity contribution in [3.8, 4) is 5.75 Å². The Balaban J connectivity index is 1.11. The summed E-state index contributed by atoms with van der Waals surface area (Å²) in [5.74, 6) is -2.58. The van der Waals surface area contributed by atoms with E-state index < -0.39 is 39.3 Å². The van der Waals surface area contributed by atoms with Crippen molar-refractivity contribution in [3.63, 3.8) is 0 Å². The summed E-state index contributed by atoms with van der Waals surface area (Å²) < 4.78 is 37.3. The van der Waals surface area contributed by atoms with Crippen molar-refractivity contribution >= 4 is 22.0 Å². The lowest BCUT2D eigenvalue weighted by atomic mass is 9.59. The smallest absolute Gasteiger partial charge is 0.315 e. The molecule has 0 spiro atoms. The minimum atomic E-state index is -4.01. The molecule has 8 unspecified atom stereocenters. The van der Waals surface area contributed by atoms with E-state index in [1.54, 1.807) is 24.3 Å². The molecule has 0 radical (unpaired) electrons. The molecule has 210 valence electrons. The Morgan fingerprint density at radius 3 is 2.02 bits per heavy atom. The van der Waals surface area contributed by atoms with Crippen LogP contribution in [0.2, 0.25) is 0 Å². The molecule has 6 aliphatic rings. The minimum absolute atomic E-state index is 0.110. The topological polar surface area (TPSA) is 125 Å². The average Bonchev–Trinajstić information content (AvgIpc) is 3.61. The zero-order valence-electron chi connectivity index (χ0n) is 22.1. The molecular weight excluding hydrogens is 540 g/mol. The van der Waals surface area contributed by atoms with Crippen LogP contribution in [0.15, 0.2) is 78.9 Å². The molecule has 9 rings (SSSR count).